The highest BCUT2D eigenvalue weighted by atomic mass is 19.4. The van der Waals surface area contributed by atoms with Gasteiger partial charge in [-0.1, -0.05) is 24.3 Å². The molecule has 0 bridgehead atoms. The summed E-state index contributed by atoms with van der Waals surface area (Å²) in [5.41, 5.74) is 0.623. The van der Waals surface area contributed by atoms with E-state index in [4.69, 9.17) is 5.11 Å². The standard InChI is InChI=1S/C11H14F3NO/c1-15(2)7-8-4-3-5-9(6-8)10(16)11(12,13)14/h3-6,10,16H,7H2,1-2H3. The van der Waals surface area contributed by atoms with Gasteiger partial charge in [-0.3, -0.25) is 0 Å². The van der Waals surface area contributed by atoms with E-state index in [0.29, 0.717) is 6.54 Å². The number of aliphatic hydroxyl groups excluding tert-OH is 1. The number of aliphatic hydroxyl groups is 1. The molecule has 0 aliphatic rings. The molecule has 0 aliphatic carbocycles. The van der Waals surface area contributed by atoms with E-state index >= 15 is 0 Å². The van der Waals surface area contributed by atoms with Crippen molar-refractivity contribution in [2.24, 2.45) is 0 Å². The number of hydrogen-bond acceptors (Lipinski definition) is 2. The molecule has 1 rings (SSSR count). The Balaban J connectivity index is 2.90. The summed E-state index contributed by atoms with van der Waals surface area (Å²) in [6, 6.07) is 5.89. The molecule has 0 heterocycles. The average molecular weight is 233 g/mol. The number of nitrogens with zero attached hydrogens (tertiary/aromatic N) is 1. The molecular formula is C11H14F3NO. The molecule has 0 fully saturated rings. The normalized spacial score (nSPS) is 14.2. The van der Waals surface area contributed by atoms with Crippen molar-refractivity contribution in [1.82, 2.24) is 4.90 Å². The van der Waals surface area contributed by atoms with Gasteiger partial charge in [-0.15, -0.1) is 0 Å². The largest absolute Gasteiger partial charge is 0.418 e. The van der Waals surface area contributed by atoms with Crippen LogP contribution in [0.4, 0.5) is 13.2 Å². The molecule has 0 saturated carbocycles. The van der Waals surface area contributed by atoms with Gasteiger partial charge in [0.2, 0.25) is 0 Å². The van der Waals surface area contributed by atoms with Crippen LogP contribution in [-0.2, 0) is 6.54 Å². The maximum absolute atomic E-state index is 12.3. The third kappa shape index (κ3) is 3.50. The Morgan fingerprint density at radius 2 is 1.94 bits per heavy atom. The van der Waals surface area contributed by atoms with Crippen molar-refractivity contribution in [3.8, 4) is 0 Å². The minimum atomic E-state index is -4.61. The van der Waals surface area contributed by atoms with Gasteiger partial charge in [-0.25, -0.2) is 0 Å². The molecule has 2 nitrogen and oxygen atoms in total. The fourth-order valence-electron chi connectivity index (χ4n) is 1.42. The van der Waals surface area contributed by atoms with E-state index in [1.807, 2.05) is 19.0 Å². The molecule has 5 heteroatoms. The van der Waals surface area contributed by atoms with Crippen LogP contribution < -0.4 is 0 Å². The summed E-state index contributed by atoms with van der Waals surface area (Å²) in [7, 11) is 3.65. The van der Waals surface area contributed by atoms with E-state index in [1.165, 1.54) is 18.2 Å². The second-order valence-corrected chi connectivity index (χ2v) is 3.93. The summed E-state index contributed by atoms with van der Waals surface area (Å²) >= 11 is 0. The maximum Gasteiger partial charge on any atom is 0.418 e. The number of halogens is 3. The molecule has 0 aromatic heterocycles. The van der Waals surface area contributed by atoms with Gasteiger partial charge in [0.05, 0.1) is 0 Å². The lowest BCUT2D eigenvalue weighted by molar-refractivity contribution is -0.206. The molecule has 1 aromatic carbocycles. The molecule has 1 N–H and O–H groups in total. The predicted octanol–water partition coefficient (Wildman–Crippen LogP) is 2.34. The van der Waals surface area contributed by atoms with Crippen molar-refractivity contribution in [1.29, 1.82) is 0 Å². The van der Waals surface area contributed by atoms with Gasteiger partial charge in [0.1, 0.15) is 0 Å². The Labute approximate surface area is 92.3 Å². The number of hydrogen-bond donors (Lipinski definition) is 1. The fourth-order valence-corrected chi connectivity index (χ4v) is 1.42. The third-order valence-electron chi connectivity index (χ3n) is 2.08. The lowest BCUT2D eigenvalue weighted by Gasteiger charge is -2.16. The van der Waals surface area contributed by atoms with Crippen LogP contribution in [0.5, 0.6) is 0 Å². The molecule has 1 atom stereocenters. The molecule has 0 spiro atoms. The van der Waals surface area contributed by atoms with Crippen LogP contribution >= 0.6 is 0 Å². The van der Waals surface area contributed by atoms with Crippen molar-refractivity contribution in [2.75, 3.05) is 14.1 Å². The first kappa shape index (κ1) is 13.0. The predicted molar refractivity (Wildman–Crippen MR) is 54.8 cm³/mol. The fraction of sp³-hybridized carbons (Fsp3) is 0.455. The quantitative estimate of drug-likeness (QED) is 0.866. The molecule has 0 amide bonds. The van der Waals surface area contributed by atoms with Crippen LogP contribution in [0.3, 0.4) is 0 Å². The molecule has 1 aromatic rings. The molecule has 0 radical (unpaired) electrons. The summed E-state index contributed by atoms with van der Waals surface area (Å²) in [5, 5.41) is 9.08. The van der Waals surface area contributed by atoms with Gasteiger partial charge in [-0.05, 0) is 25.2 Å². The van der Waals surface area contributed by atoms with Crippen molar-refractivity contribution in [3.63, 3.8) is 0 Å². The molecule has 1 unspecified atom stereocenters. The van der Waals surface area contributed by atoms with Crippen molar-refractivity contribution < 1.29 is 18.3 Å². The van der Waals surface area contributed by atoms with Gasteiger partial charge < -0.3 is 10.0 Å². The zero-order chi connectivity index (χ0) is 12.3. The zero-order valence-corrected chi connectivity index (χ0v) is 9.12. The van der Waals surface area contributed by atoms with E-state index in [9.17, 15) is 13.2 Å². The summed E-state index contributed by atoms with van der Waals surface area (Å²) in [4.78, 5) is 1.85. The highest BCUT2D eigenvalue weighted by Gasteiger charge is 2.39. The molecule has 16 heavy (non-hydrogen) atoms. The van der Waals surface area contributed by atoms with Crippen LogP contribution in [0.2, 0.25) is 0 Å². The van der Waals surface area contributed by atoms with Gasteiger partial charge in [0.25, 0.3) is 0 Å². The zero-order valence-electron chi connectivity index (χ0n) is 9.12. The third-order valence-corrected chi connectivity index (χ3v) is 2.08. The van der Waals surface area contributed by atoms with E-state index < -0.39 is 12.3 Å². The van der Waals surface area contributed by atoms with Crippen LogP contribution in [0, 0.1) is 0 Å². The number of alkyl halides is 3. The maximum atomic E-state index is 12.3. The lowest BCUT2D eigenvalue weighted by Crippen LogP contribution is -2.20. The minimum absolute atomic E-state index is 0.119. The van der Waals surface area contributed by atoms with Crippen molar-refractivity contribution in [2.45, 2.75) is 18.8 Å². The Bertz CT molecular complexity index is 349. The van der Waals surface area contributed by atoms with Crippen molar-refractivity contribution in [3.05, 3.63) is 35.4 Å². The summed E-state index contributed by atoms with van der Waals surface area (Å²) in [6.45, 7) is 0.540. The van der Waals surface area contributed by atoms with Crippen LogP contribution in [-0.4, -0.2) is 30.3 Å². The Morgan fingerprint density at radius 3 is 2.44 bits per heavy atom. The summed E-state index contributed by atoms with van der Waals surface area (Å²) in [6.07, 6.45) is -7.02. The molecule has 90 valence electrons. The van der Waals surface area contributed by atoms with Gasteiger partial charge >= 0.3 is 6.18 Å². The Hall–Kier alpha value is -1.07. The van der Waals surface area contributed by atoms with E-state index in [1.54, 1.807) is 6.07 Å². The van der Waals surface area contributed by atoms with Crippen LogP contribution in [0.15, 0.2) is 24.3 Å². The second kappa shape index (κ2) is 4.84. The monoisotopic (exact) mass is 233 g/mol. The van der Waals surface area contributed by atoms with Gasteiger partial charge in [-0.2, -0.15) is 13.2 Å². The highest BCUT2D eigenvalue weighted by molar-refractivity contribution is 5.25. The van der Waals surface area contributed by atoms with Gasteiger partial charge in [0.15, 0.2) is 6.10 Å². The highest BCUT2D eigenvalue weighted by Crippen LogP contribution is 2.32. The summed E-state index contributed by atoms with van der Waals surface area (Å²) < 4.78 is 36.8. The van der Waals surface area contributed by atoms with Crippen LogP contribution in [0.25, 0.3) is 0 Å². The Kier molecular flexibility index (Phi) is 3.93. The van der Waals surface area contributed by atoms with E-state index in [-0.39, 0.29) is 5.56 Å². The second-order valence-electron chi connectivity index (χ2n) is 3.93. The van der Waals surface area contributed by atoms with Crippen molar-refractivity contribution >= 4 is 0 Å². The number of rotatable bonds is 3. The van der Waals surface area contributed by atoms with E-state index in [0.717, 1.165) is 5.56 Å². The smallest absolute Gasteiger partial charge is 0.379 e. The molecule has 0 saturated heterocycles. The van der Waals surface area contributed by atoms with Crippen LogP contribution in [0.1, 0.15) is 17.2 Å². The number of benzene rings is 1. The topological polar surface area (TPSA) is 23.5 Å². The van der Waals surface area contributed by atoms with E-state index in [2.05, 4.69) is 0 Å². The average Bonchev–Trinajstić information content (AvgIpc) is 2.14. The first-order valence-electron chi connectivity index (χ1n) is 4.79. The molecule has 0 aliphatic heterocycles. The van der Waals surface area contributed by atoms with Gasteiger partial charge in [0, 0.05) is 6.54 Å². The SMILES string of the molecule is CN(C)Cc1cccc(C(O)C(F)(F)F)c1. The summed E-state index contributed by atoms with van der Waals surface area (Å²) in [5.74, 6) is 0. The lowest BCUT2D eigenvalue weighted by atomic mass is 10.1. The molecular weight excluding hydrogens is 219 g/mol. The first-order chi connectivity index (χ1) is 7.30. The minimum Gasteiger partial charge on any atom is -0.379 e. The first-order valence-corrected chi connectivity index (χ1v) is 4.79. The Morgan fingerprint density at radius 1 is 1.31 bits per heavy atom.